The summed E-state index contributed by atoms with van der Waals surface area (Å²) in [6.07, 6.45) is 0. The minimum absolute atomic E-state index is 0.124. The van der Waals surface area contributed by atoms with Crippen LogP contribution in [0.5, 0.6) is 0 Å². The van der Waals surface area contributed by atoms with E-state index in [2.05, 4.69) is 5.32 Å². The summed E-state index contributed by atoms with van der Waals surface area (Å²) >= 11 is 0. The molecular weight excluding hydrogens is 220 g/mol. The van der Waals surface area contributed by atoms with Gasteiger partial charge in [0.2, 0.25) is 0 Å². The molecular formula is C12H18N2O3. The monoisotopic (exact) mass is 238 g/mol. The molecule has 1 rings (SSSR count). The van der Waals surface area contributed by atoms with E-state index in [9.17, 15) is 4.79 Å². The molecule has 0 spiro atoms. The highest BCUT2D eigenvalue weighted by atomic mass is 16.3. The van der Waals surface area contributed by atoms with Gasteiger partial charge in [-0.3, -0.25) is 0 Å². The molecule has 0 unspecified atom stereocenters. The number of hydrogen-bond acceptors (Lipinski definition) is 3. The molecule has 17 heavy (non-hydrogen) atoms. The molecule has 1 aromatic rings. The van der Waals surface area contributed by atoms with Gasteiger partial charge in [0.25, 0.3) is 0 Å². The van der Waals surface area contributed by atoms with Crippen LogP contribution in [0.15, 0.2) is 24.3 Å². The molecule has 2 amide bonds. The molecule has 0 fully saturated rings. The lowest BCUT2D eigenvalue weighted by molar-refractivity contribution is 0.167. The maximum absolute atomic E-state index is 11.8. The Bertz CT molecular complexity index is 345. The topological polar surface area (TPSA) is 72.8 Å². The number of benzene rings is 1. The molecule has 0 aliphatic heterocycles. The van der Waals surface area contributed by atoms with Crippen molar-refractivity contribution in [2.75, 3.05) is 31.6 Å². The lowest BCUT2D eigenvalue weighted by Gasteiger charge is -2.21. The summed E-state index contributed by atoms with van der Waals surface area (Å²) in [6, 6.07) is 7.10. The quantitative estimate of drug-likeness (QED) is 0.711. The number of aliphatic hydroxyl groups excluding tert-OH is 2. The van der Waals surface area contributed by atoms with Gasteiger partial charge in [-0.25, -0.2) is 4.79 Å². The van der Waals surface area contributed by atoms with Crippen molar-refractivity contribution < 1.29 is 15.0 Å². The van der Waals surface area contributed by atoms with Gasteiger partial charge < -0.3 is 20.4 Å². The molecule has 0 radical (unpaired) electrons. The predicted molar refractivity (Wildman–Crippen MR) is 65.9 cm³/mol. The van der Waals surface area contributed by atoms with Gasteiger partial charge in [-0.15, -0.1) is 0 Å². The first kappa shape index (κ1) is 13.5. The average molecular weight is 238 g/mol. The van der Waals surface area contributed by atoms with E-state index in [0.29, 0.717) is 5.69 Å². The molecule has 5 heteroatoms. The van der Waals surface area contributed by atoms with E-state index in [4.69, 9.17) is 10.2 Å². The average Bonchev–Trinajstić information content (AvgIpc) is 2.32. The maximum atomic E-state index is 11.8. The van der Waals surface area contributed by atoms with Crippen LogP contribution in [-0.2, 0) is 0 Å². The fraction of sp³-hybridized carbons (Fsp3) is 0.417. The highest BCUT2D eigenvalue weighted by Crippen LogP contribution is 2.09. The number of anilines is 1. The second-order valence-corrected chi connectivity index (χ2v) is 3.73. The summed E-state index contributed by atoms with van der Waals surface area (Å²) in [7, 11) is 0. The van der Waals surface area contributed by atoms with Crippen LogP contribution in [0, 0.1) is 6.92 Å². The van der Waals surface area contributed by atoms with Crippen molar-refractivity contribution >= 4 is 11.7 Å². The number of hydrogen-bond donors (Lipinski definition) is 3. The smallest absolute Gasteiger partial charge is 0.321 e. The van der Waals surface area contributed by atoms with Crippen molar-refractivity contribution in [3.05, 3.63) is 29.8 Å². The van der Waals surface area contributed by atoms with E-state index in [0.717, 1.165) is 5.56 Å². The van der Waals surface area contributed by atoms with E-state index in [1.807, 2.05) is 31.2 Å². The summed E-state index contributed by atoms with van der Waals surface area (Å²) in [6.45, 7) is 2.13. The minimum atomic E-state index is -0.322. The van der Waals surface area contributed by atoms with Crippen molar-refractivity contribution in [1.82, 2.24) is 4.90 Å². The van der Waals surface area contributed by atoms with Crippen LogP contribution in [0.3, 0.4) is 0 Å². The molecule has 0 heterocycles. The zero-order valence-corrected chi connectivity index (χ0v) is 9.89. The van der Waals surface area contributed by atoms with Gasteiger partial charge in [-0.1, -0.05) is 17.7 Å². The number of rotatable bonds is 5. The van der Waals surface area contributed by atoms with Crippen LogP contribution in [0.25, 0.3) is 0 Å². The van der Waals surface area contributed by atoms with Gasteiger partial charge in [-0.05, 0) is 19.1 Å². The maximum Gasteiger partial charge on any atom is 0.321 e. The fourth-order valence-electron chi connectivity index (χ4n) is 1.40. The third-order valence-corrected chi connectivity index (χ3v) is 2.33. The molecule has 1 aromatic carbocycles. The highest BCUT2D eigenvalue weighted by molar-refractivity contribution is 5.89. The van der Waals surface area contributed by atoms with Crippen LogP contribution in [0.1, 0.15) is 5.56 Å². The van der Waals surface area contributed by atoms with Gasteiger partial charge in [0, 0.05) is 18.8 Å². The zero-order valence-electron chi connectivity index (χ0n) is 9.89. The molecule has 0 saturated carbocycles. The van der Waals surface area contributed by atoms with E-state index in [-0.39, 0.29) is 32.3 Å². The number of carbonyl (C=O) groups excluding carboxylic acids is 1. The van der Waals surface area contributed by atoms with Crippen molar-refractivity contribution in [2.24, 2.45) is 0 Å². The number of nitrogens with one attached hydrogen (secondary N) is 1. The first-order valence-electron chi connectivity index (χ1n) is 5.51. The van der Waals surface area contributed by atoms with Crippen LogP contribution in [0.4, 0.5) is 10.5 Å². The second-order valence-electron chi connectivity index (χ2n) is 3.73. The molecule has 0 atom stereocenters. The first-order chi connectivity index (χ1) is 8.17. The van der Waals surface area contributed by atoms with Crippen molar-refractivity contribution in [1.29, 1.82) is 0 Å². The van der Waals surface area contributed by atoms with E-state index in [1.165, 1.54) is 4.90 Å². The molecule has 0 bridgehead atoms. The standard InChI is InChI=1S/C12H18N2O3/c1-10-2-4-11(5-3-10)13-12(17)14(6-8-15)7-9-16/h2-5,15-16H,6-9H2,1H3,(H,13,17). The molecule has 0 saturated heterocycles. The Kier molecular flexibility index (Phi) is 5.45. The molecule has 94 valence electrons. The predicted octanol–water partition coefficient (Wildman–Crippen LogP) is 0.814. The molecule has 0 aliphatic rings. The largest absolute Gasteiger partial charge is 0.395 e. The summed E-state index contributed by atoms with van der Waals surface area (Å²) < 4.78 is 0. The van der Waals surface area contributed by atoms with Crippen molar-refractivity contribution in [2.45, 2.75) is 6.92 Å². The third-order valence-electron chi connectivity index (χ3n) is 2.33. The normalized spacial score (nSPS) is 10.1. The van der Waals surface area contributed by atoms with Crippen molar-refractivity contribution in [3.8, 4) is 0 Å². The van der Waals surface area contributed by atoms with E-state index >= 15 is 0 Å². The Morgan fingerprint density at radius 1 is 1.18 bits per heavy atom. The number of carbonyl (C=O) groups is 1. The third kappa shape index (κ3) is 4.42. The van der Waals surface area contributed by atoms with E-state index in [1.54, 1.807) is 0 Å². The Morgan fingerprint density at radius 3 is 2.18 bits per heavy atom. The number of urea groups is 1. The second kappa shape index (κ2) is 6.88. The molecule has 5 nitrogen and oxygen atoms in total. The van der Waals surface area contributed by atoms with E-state index < -0.39 is 0 Å². The van der Waals surface area contributed by atoms with Crippen LogP contribution < -0.4 is 5.32 Å². The molecule has 3 N–H and O–H groups in total. The van der Waals surface area contributed by atoms with Gasteiger partial charge in [0.1, 0.15) is 0 Å². The van der Waals surface area contributed by atoms with Crippen LogP contribution in [0.2, 0.25) is 0 Å². The number of aryl methyl sites for hydroxylation is 1. The Balaban J connectivity index is 2.59. The summed E-state index contributed by atoms with van der Waals surface area (Å²) in [4.78, 5) is 13.1. The Morgan fingerprint density at radius 2 is 1.71 bits per heavy atom. The van der Waals surface area contributed by atoms with Crippen LogP contribution in [-0.4, -0.2) is 47.4 Å². The van der Waals surface area contributed by atoms with Gasteiger partial charge in [0.15, 0.2) is 0 Å². The zero-order chi connectivity index (χ0) is 12.7. The van der Waals surface area contributed by atoms with Gasteiger partial charge in [-0.2, -0.15) is 0 Å². The lowest BCUT2D eigenvalue weighted by Crippen LogP contribution is -2.38. The summed E-state index contributed by atoms with van der Waals surface area (Å²) in [5.41, 5.74) is 1.81. The van der Waals surface area contributed by atoms with Gasteiger partial charge >= 0.3 is 6.03 Å². The minimum Gasteiger partial charge on any atom is -0.395 e. The summed E-state index contributed by atoms with van der Waals surface area (Å²) in [5, 5.41) is 20.3. The van der Waals surface area contributed by atoms with Crippen LogP contribution >= 0.6 is 0 Å². The number of aliphatic hydroxyl groups is 2. The van der Waals surface area contributed by atoms with Gasteiger partial charge in [0.05, 0.1) is 13.2 Å². The lowest BCUT2D eigenvalue weighted by atomic mass is 10.2. The SMILES string of the molecule is Cc1ccc(NC(=O)N(CCO)CCO)cc1. The molecule has 0 aromatic heterocycles. The number of nitrogens with zero attached hydrogens (tertiary/aromatic N) is 1. The summed E-state index contributed by atoms with van der Waals surface area (Å²) in [5.74, 6) is 0. The Labute approximate surface area is 101 Å². The fourth-order valence-corrected chi connectivity index (χ4v) is 1.40. The highest BCUT2D eigenvalue weighted by Gasteiger charge is 2.11. The number of amides is 2. The van der Waals surface area contributed by atoms with Crippen molar-refractivity contribution in [3.63, 3.8) is 0 Å². The first-order valence-corrected chi connectivity index (χ1v) is 5.51. The molecule has 0 aliphatic carbocycles. The Hall–Kier alpha value is -1.59.